The van der Waals surface area contributed by atoms with Crippen LogP contribution >= 0.6 is 15.9 Å². The zero-order valence-corrected chi connectivity index (χ0v) is 15.5. The molecular formula is C19H24BrNO2. The molecule has 4 heteroatoms. The average molecular weight is 378 g/mol. The predicted octanol–water partition coefficient (Wildman–Crippen LogP) is 4.58. The second-order valence-corrected chi connectivity index (χ2v) is 6.57. The van der Waals surface area contributed by atoms with Crippen molar-refractivity contribution in [1.29, 1.82) is 0 Å². The molecule has 0 amide bonds. The first-order valence-corrected chi connectivity index (χ1v) is 8.67. The van der Waals surface area contributed by atoms with Crippen molar-refractivity contribution in [1.82, 2.24) is 5.32 Å². The number of benzene rings is 2. The van der Waals surface area contributed by atoms with Crippen LogP contribution in [0.15, 0.2) is 46.9 Å². The van der Waals surface area contributed by atoms with Crippen LogP contribution in [0.4, 0.5) is 0 Å². The number of halogens is 1. The van der Waals surface area contributed by atoms with Crippen LogP contribution in [0.5, 0.6) is 11.5 Å². The highest BCUT2D eigenvalue weighted by Crippen LogP contribution is 2.24. The Labute approximate surface area is 147 Å². The average Bonchev–Trinajstić information content (AvgIpc) is 2.54. The van der Waals surface area contributed by atoms with Gasteiger partial charge in [-0.3, -0.25) is 0 Å². The molecular weight excluding hydrogens is 354 g/mol. The summed E-state index contributed by atoms with van der Waals surface area (Å²) >= 11 is 3.53. The van der Waals surface area contributed by atoms with Gasteiger partial charge in [-0.25, -0.2) is 0 Å². The van der Waals surface area contributed by atoms with Crippen LogP contribution in [0.25, 0.3) is 0 Å². The second kappa shape index (κ2) is 8.94. The van der Waals surface area contributed by atoms with Crippen LogP contribution < -0.4 is 14.8 Å². The van der Waals surface area contributed by atoms with Crippen molar-refractivity contribution < 1.29 is 9.47 Å². The normalized spacial score (nSPS) is 10.8. The fourth-order valence-corrected chi connectivity index (χ4v) is 2.82. The van der Waals surface area contributed by atoms with Crippen LogP contribution in [-0.4, -0.2) is 19.8 Å². The molecule has 0 saturated heterocycles. The number of rotatable bonds is 8. The van der Waals surface area contributed by atoms with Gasteiger partial charge in [0.1, 0.15) is 11.5 Å². The maximum atomic E-state index is 5.87. The minimum Gasteiger partial charge on any atom is -0.496 e. The highest BCUT2D eigenvalue weighted by molar-refractivity contribution is 9.10. The maximum Gasteiger partial charge on any atom is 0.124 e. The molecule has 0 radical (unpaired) electrons. The summed E-state index contributed by atoms with van der Waals surface area (Å²) in [6.07, 6.45) is 1.10. The lowest BCUT2D eigenvalue weighted by Gasteiger charge is -2.15. The summed E-state index contributed by atoms with van der Waals surface area (Å²) in [4.78, 5) is 0. The molecule has 0 heterocycles. The van der Waals surface area contributed by atoms with E-state index in [9.17, 15) is 0 Å². The van der Waals surface area contributed by atoms with Crippen molar-refractivity contribution in [2.45, 2.75) is 32.9 Å². The Morgan fingerprint density at radius 3 is 2.57 bits per heavy atom. The SMILES string of the molecule is COc1ccccc1CCNCc1cc(Br)ccc1OC(C)C. The largest absolute Gasteiger partial charge is 0.496 e. The lowest BCUT2D eigenvalue weighted by atomic mass is 10.1. The van der Waals surface area contributed by atoms with Gasteiger partial charge in [-0.15, -0.1) is 0 Å². The van der Waals surface area contributed by atoms with Gasteiger partial charge >= 0.3 is 0 Å². The van der Waals surface area contributed by atoms with Gasteiger partial charge in [0, 0.05) is 16.6 Å². The van der Waals surface area contributed by atoms with Crippen molar-refractivity contribution in [2.24, 2.45) is 0 Å². The zero-order valence-electron chi connectivity index (χ0n) is 13.9. The van der Waals surface area contributed by atoms with E-state index in [0.717, 1.165) is 41.0 Å². The quantitative estimate of drug-likeness (QED) is 0.683. The molecule has 0 fully saturated rings. The molecule has 23 heavy (non-hydrogen) atoms. The number of methoxy groups -OCH3 is 1. The first-order valence-electron chi connectivity index (χ1n) is 7.88. The molecule has 1 N–H and O–H groups in total. The van der Waals surface area contributed by atoms with Crippen molar-refractivity contribution in [3.05, 3.63) is 58.1 Å². The Kier molecular flexibility index (Phi) is 6.93. The van der Waals surface area contributed by atoms with Crippen LogP contribution in [0.1, 0.15) is 25.0 Å². The summed E-state index contributed by atoms with van der Waals surface area (Å²) in [5, 5.41) is 3.49. The highest BCUT2D eigenvalue weighted by Gasteiger charge is 2.07. The van der Waals surface area contributed by atoms with Gasteiger partial charge < -0.3 is 14.8 Å². The Hall–Kier alpha value is -1.52. The molecule has 124 valence electrons. The van der Waals surface area contributed by atoms with Gasteiger partial charge in [0.15, 0.2) is 0 Å². The van der Waals surface area contributed by atoms with Crippen LogP contribution in [0, 0.1) is 0 Å². The first-order chi connectivity index (χ1) is 11.1. The van der Waals surface area contributed by atoms with Gasteiger partial charge in [0.25, 0.3) is 0 Å². The summed E-state index contributed by atoms with van der Waals surface area (Å²) < 4.78 is 12.3. The van der Waals surface area contributed by atoms with Gasteiger partial charge in [0.2, 0.25) is 0 Å². The molecule has 0 atom stereocenters. The fraction of sp³-hybridized carbons (Fsp3) is 0.368. The minimum absolute atomic E-state index is 0.170. The third-order valence-corrected chi connectivity index (χ3v) is 3.96. The Morgan fingerprint density at radius 1 is 1.04 bits per heavy atom. The predicted molar refractivity (Wildman–Crippen MR) is 98.3 cm³/mol. The summed E-state index contributed by atoms with van der Waals surface area (Å²) in [6, 6.07) is 14.3. The summed E-state index contributed by atoms with van der Waals surface area (Å²) in [6.45, 7) is 5.74. The van der Waals surface area contributed by atoms with E-state index in [1.807, 2.05) is 44.2 Å². The first kappa shape index (κ1) is 17.8. The molecule has 0 aromatic heterocycles. The number of hydrogen-bond acceptors (Lipinski definition) is 3. The Morgan fingerprint density at radius 2 is 1.83 bits per heavy atom. The molecule has 0 saturated carbocycles. The number of nitrogens with one attached hydrogen (secondary N) is 1. The van der Waals surface area contributed by atoms with Crippen molar-refractivity contribution in [3.8, 4) is 11.5 Å². The van der Waals surface area contributed by atoms with Crippen molar-refractivity contribution in [2.75, 3.05) is 13.7 Å². The lowest BCUT2D eigenvalue weighted by molar-refractivity contribution is 0.239. The van der Waals surface area contributed by atoms with Crippen LogP contribution in [0.3, 0.4) is 0 Å². The van der Waals surface area contributed by atoms with E-state index >= 15 is 0 Å². The smallest absolute Gasteiger partial charge is 0.124 e. The topological polar surface area (TPSA) is 30.5 Å². The maximum absolute atomic E-state index is 5.87. The van der Waals surface area contributed by atoms with E-state index in [-0.39, 0.29) is 6.10 Å². The summed E-state index contributed by atoms with van der Waals surface area (Å²) in [5.41, 5.74) is 2.38. The molecule has 0 aliphatic carbocycles. The van der Waals surface area contributed by atoms with Crippen LogP contribution in [0.2, 0.25) is 0 Å². The van der Waals surface area contributed by atoms with Crippen LogP contribution in [-0.2, 0) is 13.0 Å². The minimum atomic E-state index is 0.170. The van der Waals surface area contributed by atoms with E-state index < -0.39 is 0 Å². The van der Waals surface area contributed by atoms with Crippen molar-refractivity contribution >= 4 is 15.9 Å². The molecule has 2 rings (SSSR count). The number of hydrogen-bond donors (Lipinski definition) is 1. The summed E-state index contributed by atoms with van der Waals surface area (Å²) in [5.74, 6) is 1.88. The fourth-order valence-electron chi connectivity index (χ4n) is 2.41. The van der Waals surface area contributed by atoms with Gasteiger partial charge in [-0.2, -0.15) is 0 Å². The molecule has 0 aliphatic rings. The Balaban J connectivity index is 1.92. The van der Waals surface area contributed by atoms with E-state index in [1.54, 1.807) is 7.11 Å². The third-order valence-electron chi connectivity index (χ3n) is 3.46. The van der Waals surface area contributed by atoms with Gasteiger partial charge in [-0.1, -0.05) is 34.1 Å². The molecule has 0 spiro atoms. The Bertz CT molecular complexity index is 629. The molecule has 0 aliphatic heterocycles. The highest BCUT2D eigenvalue weighted by atomic mass is 79.9. The van der Waals surface area contributed by atoms with Gasteiger partial charge in [0.05, 0.1) is 13.2 Å². The van der Waals surface area contributed by atoms with E-state index in [4.69, 9.17) is 9.47 Å². The molecule has 0 bridgehead atoms. The molecule has 0 unspecified atom stereocenters. The second-order valence-electron chi connectivity index (χ2n) is 5.66. The zero-order chi connectivity index (χ0) is 16.7. The number of para-hydroxylation sites is 1. The lowest BCUT2D eigenvalue weighted by Crippen LogP contribution is -2.18. The monoisotopic (exact) mass is 377 g/mol. The number of ether oxygens (including phenoxy) is 2. The third kappa shape index (κ3) is 5.56. The van der Waals surface area contributed by atoms with E-state index in [2.05, 4.69) is 33.4 Å². The van der Waals surface area contributed by atoms with E-state index in [0.29, 0.717) is 0 Å². The summed E-state index contributed by atoms with van der Waals surface area (Å²) in [7, 11) is 1.71. The van der Waals surface area contributed by atoms with Crippen molar-refractivity contribution in [3.63, 3.8) is 0 Å². The van der Waals surface area contributed by atoms with E-state index in [1.165, 1.54) is 5.56 Å². The molecule has 2 aromatic rings. The molecule has 3 nitrogen and oxygen atoms in total. The molecule has 2 aromatic carbocycles. The van der Waals surface area contributed by atoms with Gasteiger partial charge in [-0.05, 0) is 56.6 Å². The standard InChI is InChI=1S/C19H24BrNO2/c1-14(2)23-19-9-8-17(20)12-16(19)13-21-11-10-15-6-4-5-7-18(15)22-3/h4-9,12,14,21H,10-11,13H2,1-3H3.